The number of nitrogens with one attached hydrogen (secondary N) is 2. The van der Waals surface area contributed by atoms with E-state index in [9.17, 15) is 18.0 Å². The molecule has 0 saturated carbocycles. The van der Waals surface area contributed by atoms with E-state index in [-0.39, 0.29) is 23.4 Å². The molecule has 7 nitrogen and oxygen atoms in total. The lowest BCUT2D eigenvalue weighted by Gasteiger charge is -2.34. The van der Waals surface area contributed by atoms with E-state index in [1.54, 1.807) is 0 Å². The fourth-order valence-electron chi connectivity index (χ4n) is 3.36. The van der Waals surface area contributed by atoms with E-state index in [1.165, 1.54) is 28.6 Å². The Morgan fingerprint density at radius 1 is 1.11 bits per heavy atom. The Morgan fingerprint density at radius 2 is 1.67 bits per heavy atom. The van der Waals surface area contributed by atoms with Gasteiger partial charge in [0.2, 0.25) is 15.9 Å². The molecule has 0 spiro atoms. The van der Waals surface area contributed by atoms with Crippen molar-refractivity contribution in [3.8, 4) is 0 Å². The first-order valence-electron chi connectivity index (χ1n) is 9.27. The zero-order valence-corrected chi connectivity index (χ0v) is 17.2. The first-order chi connectivity index (χ1) is 12.6. The second-order valence-corrected chi connectivity index (χ2v) is 9.64. The zero-order chi connectivity index (χ0) is 20.2. The second kappa shape index (κ2) is 8.84. The molecule has 1 aliphatic heterocycles. The van der Waals surface area contributed by atoms with Gasteiger partial charge in [0.15, 0.2) is 0 Å². The Bertz CT molecular complexity index is 765. The lowest BCUT2D eigenvalue weighted by Crippen LogP contribution is -2.42. The van der Waals surface area contributed by atoms with E-state index in [0.29, 0.717) is 30.5 Å². The van der Waals surface area contributed by atoms with Crippen LogP contribution in [0.5, 0.6) is 0 Å². The van der Waals surface area contributed by atoms with Gasteiger partial charge in [-0.3, -0.25) is 9.59 Å². The van der Waals surface area contributed by atoms with Crippen LogP contribution in [0, 0.1) is 11.8 Å². The molecule has 1 saturated heterocycles. The fourth-order valence-corrected chi connectivity index (χ4v) is 5.04. The van der Waals surface area contributed by atoms with Gasteiger partial charge >= 0.3 is 0 Å². The Balaban J connectivity index is 2.03. The number of carbonyl (C=O) groups excluding carboxylic acids is 2. The maximum Gasteiger partial charge on any atom is 0.251 e. The average molecular weight is 396 g/mol. The van der Waals surface area contributed by atoms with Crippen molar-refractivity contribution < 1.29 is 18.0 Å². The monoisotopic (exact) mass is 395 g/mol. The van der Waals surface area contributed by atoms with Gasteiger partial charge in [0.1, 0.15) is 0 Å². The number of piperidine rings is 1. The Kier molecular flexibility index (Phi) is 7.00. The van der Waals surface area contributed by atoms with Crippen molar-refractivity contribution in [2.24, 2.45) is 11.8 Å². The summed E-state index contributed by atoms with van der Waals surface area (Å²) in [5.74, 6) is -0.0416. The van der Waals surface area contributed by atoms with Crippen LogP contribution in [0.25, 0.3) is 0 Å². The first kappa shape index (κ1) is 21.4. The highest BCUT2D eigenvalue weighted by atomic mass is 32.2. The minimum Gasteiger partial charge on any atom is -0.352 e. The molecule has 27 heavy (non-hydrogen) atoms. The zero-order valence-electron chi connectivity index (χ0n) is 16.4. The molecule has 0 radical (unpaired) electrons. The highest BCUT2D eigenvalue weighted by Crippen LogP contribution is 2.26. The summed E-state index contributed by atoms with van der Waals surface area (Å²) in [6.45, 7) is 8.69. The highest BCUT2D eigenvalue weighted by molar-refractivity contribution is 7.89. The van der Waals surface area contributed by atoms with E-state index in [0.717, 1.165) is 6.42 Å². The lowest BCUT2D eigenvalue weighted by atomic mass is 9.94. The summed E-state index contributed by atoms with van der Waals surface area (Å²) in [5, 5.41) is 5.21. The van der Waals surface area contributed by atoms with Crippen LogP contribution < -0.4 is 10.6 Å². The summed E-state index contributed by atoms with van der Waals surface area (Å²) < 4.78 is 27.2. The number of rotatable bonds is 6. The standard InChI is InChI=1S/C19H29N3O4S/c1-13(2)21-18(23)10-20-19(24)16-5-7-17(8-6-16)27(25,26)22-11-14(3)9-15(4)12-22/h5-8,13-15H,9-12H2,1-4H3,(H,20,24)(H,21,23)/t14-,15+. The number of hydrogen-bond donors (Lipinski definition) is 2. The predicted molar refractivity (Wildman–Crippen MR) is 104 cm³/mol. The number of benzene rings is 1. The molecular formula is C19H29N3O4S. The van der Waals surface area contributed by atoms with Gasteiger partial charge in [-0.15, -0.1) is 0 Å². The molecule has 2 N–H and O–H groups in total. The van der Waals surface area contributed by atoms with Gasteiger partial charge in [0.05, 0.1) is 11.4 Å². The van der Waals surface area contributed by atoms with Gasteiger partial charge < -0.3 is 10.6 Å². The van der Waals surface area contributed by atoms with Crippen molar-refractivity contribution in [3.63, 3.8) is 0 Å². The predicted octanol–water partition coefficient (Wildman–Crippen LogP) is 1.61. The van der Waals surface area contributed by atoms with Crippen molar-refractivity contribution in [1.82, 2.24) is 14.9 Å². The largest absolute Gasteiger partial charge is 0.352 e. The molecule has 2 rings (SSSR count). The van der Waals surface area contributed by atoms with E-state index >= 15 is 0 Å². The van der Waals surface area contributed by atoms with E-state index in [2.05, 4.69) is 24.5 Å². The van der Waals surface area contributed by atoms with Gasteiger partial charge in [0, 0.05) is 24.7 Å². The van der Waals surface area contributed by atoms with Crippen LogP contribution in [0.1, 0.15) is 44.5 Å². The van der Waals surface area contributed by atoms with Crippen LogP contribution in [-0.2, 0) is 14.8 Å². The van der Waals surface area contributed by atoms with Gasteiger partial charge in [-0.2, -0.15) is 4.31 Å². The molecule has 0 bridgehead atoms. The number of nitrogens with zero attached hydrogens (tertiary/aromatic N) is 1. The second-order valence-electron chi connectivity index (χ2n) is 7.70. The molecule has 2 amide bonds. The van der Waals surface area contributed by atoms with Gasteiger partial charge in [-0.25, -0.2) is 8.42 Å². The van der Waals surface area contributed by atoms with Crippen LogP contribution in [0.2, 0.25) is 0 Å². The normalized spacial score (nSPS) is 21.1. The van der Waals surface area contributed by atoms with Crippen LogP contribution in [0.4, 0.5) is 0 Å². The molecule has 0 aliphatic carbocycles. The van der Waals surface area contributed by atoms with Crippen LogP contribution >= 0.6 is 0 Å². The molecule has 8 heteroatoms. The summed E-state index contributed by atoms with van der Waals surface area (Å²) in [5.41, 5.74) is 0.312. The topological polar surface area (TPSA) is 95.6 Å². The van der Waals surface area contributed by atoms with E-state index in [1.807, 2.05) is 13.8 Å². The van der Waals surface area contributed by atoms with Crippen LogP contribution in [0.15, 0.2) is 29.2 Å². The molecule has 0 aromatic heterocycles. The minimum absolute atomic E-state index is 0.000818. The third-order valence-corrected chi connectivity index (χ3v) is 6.29. The Hall–Kier alpha value is -1.93. The van der Waals surface area contributed by atoms with E-state index in [4.69, 9.17) is 0 Å². The lowest BCUT2D eigenvalue weighted by molar-refractivity contribution is -0.120. The van der Waals surface area contributed by atoms with Gasteiger partial charge in [0.25, 0.3) is 5.91 Å². The third kappa shape index (κ3) is 5.77. The molecule has 1 heterocycles. The average Bonchev–Trinajstić information content (AvgIpc) is 2.58. The van der Waals surface area contributed by atoms with Gasteiger partial charge in [-0.05, 0) is 56.4 Å². The third-order valence-electron chi connectivity index (χ3n) is 4.45. The summed E-state index contributed by atoms with van der Waals surface area (Å²) in [7, 11) is -3.57. The Morgan fingerprint density at radius 3 is 2.19 bits per heavy atom. The molecule has 1 fully saturated rings. The minimum atomic E-state index is -3.57. The highest BCUT2D eigenvalue weighted by Gasteiger charge is 2.31. The van der Waals surface area contributed by atoms with Crippen molar-refractivity contribution in [3.05, 3.63) is 29.8 Å². The van der Waals surface area contributed by atoms with Crippen molar-refractivity contribution in [1.29, 1.82) is 0 Å². The molecule has 2 atom stereocenters. The molecule has 1 aromatic carbocycles. The number of hydrogen-bond acceptors (Lipinski definition) is 4. The molecule has 150 valence electrons. The van der Waals surface area contributed by atoms with Crippen molar-refractivity contribution >= 4 is 21.8 Å². The number of amides is 2. The quantitative estimate of drug-likeness (QED) is 0.765. The fraction of sp³-hybridized carbons (Fsp3) is 0.579. The van der Waals surface area contributed by atoms with E-state index < -0.39 is 15.9 Å². The SMILES string of the molecule is CC(C)NC(=O)CNC(=O)c1ccc(S(=O)(=O)N2C[C@H](C)C[C@H](C)C2)cc1. The van der Waals surface area contributed by atoms with Gasteiger partial charge in [-0.1, -0.05) is 13.8 Å². The molecular weight excluding hydrogens is 366 g/mol. The van der Waals surface area contributed by atoms with Crippen LogP contribution in [0.3, 0.4) is 0 Å². The number of sulfonamides is 1. The molecule has 1 aromatic rings. The summed E-state index contributed by atoms with van der Waals surface area (Å²) in [6, 6.07) is 5.84. The molecule has 1 aliphatic rings. The Labute approximate surface area is 161 Å². The smallest absolute Gasteiger partial charge is 0.251 e. The first-order valence-corrected chi connectivity index (χ1v) is 10.7. The maximum absolute atomic E-state index is 12.8. The summed E-state index contributed by atoms with van der Waals surface area (Å²) in [4.78, 5) is 23.9. The van der Waals surface area contributed by atoms with Crippen LogP contribution in [-0.4, -0.2) is 50.2 Å². The molecule has 0 unspecified atom stereocenters. The van der Waals surface area contributed by atoms with Crippen molar-refractivity contribution in [2.75, 3.05) is 19.6 Å². The number of carbonyl (C=O) groups is 2. The summed E-state index contributed by atoms with van der Waals surface area (Å²) >= 11 is 0. The maximum atomic E-state index is 12.8. The van der Waals surface area contributed by atoms with Crippen molar-refractivity contribution in [2.45, 2.75) is 45.1 Å². The summed E-state index contributed by atoms with van der Waals surface area (Å²) in [6.07, 6.45) is 1.02.